The molecule has 0 saturated heterocycles. The van der Waals surface area contributed by atoms with Crippen molar-refractivity contribution >= 4 is 11.7 Å². The first-order valence-corrected chi connectivity index (χ1v) is 6.43. The van der Waals surface area contributed by atoms with Crippen molar-refractivity contribution in [1.29, 1.82) is 0 Å². The van der Waals surface area contributed by atoms with Crippen LogP contribution in [0.15, 0.2) is 42.6 Å². The Morgan fingerprint density at radius 1 is 1.16 bits per heavy atom. The lowest BCUT2D eigenvalue weighted by Gasteiger charge is -2.21. The van der Waals surface area contributed by atoms with Gasteiger partial charge in [0.15, 0.2) is 0 Å². The molecule has 100 valence electrons. The van der Waals surface area contributed by atoms with Crippen LogP contribution in [0.5, 0.6) is 0 Å². The number of hydrogen-bond donors (Lipinski definition) is 1. The molecular formula is C15H18N2O2. The van der Waals surface area contributed by atoms with E-state index in [0.717, 1.165) is 24.5 Å². The molecule has 0 amide bonds. The Bertz CT molecular complexity index is 554. The van der Waals surface area contributed by atoms with Gasteiger partial charge in [-0.3, -0.25) is 0 Å². The lowest BCUT2D eigenvalue weighted by atomic mass is 10.2. The summed E-state index contributed by atoms with van der Waals surface area (Å²) in [6.07, 6.45) is 1.76. The summed E-state index contributed by atoms with van der Waals surface area (Å²) in [5.74, 6) is -0.919. The lowest BCUT2D eigenvalue weighted by Crippen LogP contribution is -2.21. The molecule has 2 aromatic rings. The first-order chi connectivity index (χ1) is 9.17. The minimum atomic E-state index is -0.919. The molecule has 0 aliphatic rings. The number of rotatable bonds is 5. The number of hydrogen-bond acceptors (Lipinski definition) is 2. The summed E-state index contributed by atoms with van der Waals surface area (Å²) in [6, 6.07) is 11.3. The van der Waals surface area contributed by atoms with Gasteiger partial charge >= 0.3 is 5.97 Å². The third kappa shape index (κ3) is 2.62. The van der Waals surface area contributed by atoms with Crippen molar-refractivity contribution < 1.29 is 9.90 Å². The summed E-state index contributed by atoms with van der Waals surface area (Å²) >= 11 is 0. The normalized spacial score (nSPS) is 10.4. The van der Waals surface area contributed by atoms with Crippen LogP contribution in [-0.2, 0) is 0 Å². The predicted molar refractivity (Wildman–Crippen MR) is 76.3 cm³/mol. The van der Waals surface area contributed by atoms with Crippen molar-refractivity contribution in [3.8, 4) is 5.69 Å². The van der Waals surface area contributed by atoms with E-state index in [-0.39, 0.29) is 5.69 Å². The van der Waals surface area contributed by atoms with E-state index in [1.807, 2.05) is 24.3 Å². The first-order valence-electron chi connectivity index (χ1n) is 6.43. The highest BCUT2D eigenvalue weighted by Crippen LogP contribution is 2.19. The van der Waals surface area contributed by atoms with Crippen molar-refractivity contribution in [3.63, 3.8) is 0 Å². The van der Waals surface area contributed by atoms with Crippen molar-refractivity contribution in [2.45, 2.75) is 13.8 Å². The van der Waals surface area contributed by atoms with Crippen molar-refractivity contribution in [3.05, 3.63) is 48.3 Å². The topological polar surface area (TPSA) is 45.5 Å². The predicted octanol–water partition coefficient (Wildman–Crippen LogP) is 3.02. The quantitative estimate of drug-likeness (QED) is 0.896. The average molecular weight is 258 g/mol. The van der Waals surface area contributed by atoms with Crippen molar-refractivity contribution in [1.82, 2.24) is 4.57 Å². The number of benzene rings is 1. The van der Waals surface area contributed by atoms with Gasteiger partial charge in [0.2, 0.25) is 0 Å². The zero-order valence-electron chi connectivity index (χ0n) is 11.2. The smallest absolute Gasteiger partial charge is 0.352 e. The molecule has 0 atom stereocenters. The number of anilines is 1. The molecule has 4 nitrogen and oxygen atoms in total. The molecule has 0 aliphatic carbocycles. The molecule has 0 fully saturated rings. The molecule has 2 rings (SSSR count). The first kappa shape index (κ1) is 13.2. The maximum Gasteiger partial charge on any atom is 0.352 e. The highest BCUT2D eigenvalue weighted by Gasteiger charge is 2.10. The monoisotopic (exact) mass is 258 g/mol. The van der Waals surface area contributed by atoms with Crippen LogP contribution in [0.1, 0.15) is 24.3 Å². The second-order valence-corrected chi connectivity index (χ2v) is 4.26. The highest BCUT2D eigenvalue weighted by molar-refractivity contribution is 5.86. The maximum atomic E-state index is 11.1. The van der Waals surface area contributed by atoms with E-state index in [1.54, 1.807) is 22.9 Å². The largest absolute Gasteiger partial charge is 0.477 e. The number of carboxylic acid groups (broad SMARTS) is 1. The van der Waals surface area contributed by atoms with Gasteiger partial charge < -0.3 is 14.6 Å². The van der Waals surface area contributed by atoms with Gasteiger partial charge in [0, 0.05) is 30.7 Å². The lowest BCUT2D eigenvalue weighted by molar-refractivity contribution is 0.0688. The summed E-state index contributed by atoms with van der Waals surface area (Å²) in [4.78, 5) is 13.3. The molecule has 0 aliphatic heterocycles. The van der Waals surface area contributed by atoms with Crippen molar-refractivity contribution in [2.24, 2.45) is 0 Å². The molecule has 1 aromatic heterocycles. The third-order valence-electron chi connectivity index (χ3n) is 3.22. The summed E-state index contributed by atoms with van der Waals surface area (Å²) < 4.78 is 1.67. The molecule has 1 aromatic carbocycles. The van der Waals surface area contributed by atoms with E-state index >= 15 is 0 Å². The minimum Gasteiger partial charge on any atom is -0.477 e. The Morgan fingerprint density at radius 3 is 2.32 bits per heavy atom. The molecule has 1 heterocycles. The van der Waals surface area contributed by atoms with E-state index in [1.165, 1.54) is 0 Å². The van der Waals surface area contributed by atoms with Gasteiger partial charge in [-0.05, 0) is 50.2 Å². The van der Waals surface area contributed by atoms with Crippen LogP contribution < -0.4 is 4.90 Å². The summed E-state index contributed by atoms with van der Waals surface area (Å²) in [5, 5.41) is 9.11. The zero-order valence-corrected chi connectivity index (χ0v) is 11.2. The molecule has 1 N–H and O–H groups in total. The molecule has 0 spiro atoms. The van der Waals surface area contributed by atoms with E-state index < -0.39 is 5.97 Å². The fraction of sp³-hybridized carbons (Fsp3) is 0.267. The molecule has 0 unspecified atom stereocenters. The Morgan fingerprint density at radius 2 is 1.79 bits per heavy atom. The van der Waals surface area contributed by atoms with Gasteiger partial charge in [0.25, 0.3) is 0 Å². The van der Waals surface area contributed by atoms with Crippen LogP contribution in [0.4, 0.5) is 5.69 Å². The van der Waals surface area contributed by atoms with Gasteiger partial charge in [-0.2, -0.15) is 0 Å². The fourth-order valence-corrected chi connectivity index (χ4v) is 2.19. The highest BCUT2D eigenvalue weighted by atomic mass is 16.4. The van der Waals surface area contributed by atoms with Gasteiger partial charge in [-0.15, -0.1) is 0 Å². The SMILES string of the molecule is CCN(CC)c1ccc(-n2cccc2C(=O)O)cc1. The Hall–Kier alpha value is -2.23. The van der Waals surface area contributed by atoms with Crippen LogP contribution in [0.25, 0.3) is 5.69 Å². The van der Waals surface area contributed by atoms with Crippen LogP contribution in [-0.4, -0.2) is 28.7 Å². The van der Waals surface area contributed by atoms with Gasteiger partial charge in [-0.1, -0.05) is 0 Å². The molecule has 0 bridgehead atoms. The Kier molecular flexibility index (Phi) is 3.90. The Balaban J connectivity index is 2.32. The summed E-state index contributed by atoms with van der Waals surface area (Å²) in [5.41, 5.74) is 2.28. The number of nitrogens with zero attached hydrogens (tertiary/aromatic N) is 2. The standard InChI is InChI=1S/C15H18N2O2/c1-3-16(4-2)12-7-9-13(10-8-12)17-11-5-6-14(17)15(18)19/h5-11H,3-4H2,1-2H3,(H,18,19). The summed E-state index contributed by atoms with van der Waals surface area (Å²) in [7, 11) is 0. The number of aromatic carboxylic acids is 1. The summed E-state index contributed by atoms with van der Waals surface area (Å²) in [6.45, 7) is 6.15. The van der Waals surface area contributed by atoms with Crippen LogP contribution in [0.2, 0.25) is 0 Å². The van der Waals surface area contributed by atoms with Crippen LogP contribution in [0, 0.1) is 0 Å². The minimum absolute atomic E-state index is 0.274. The Labute approximate surface area is 112 Å². The molecular weight excluding hydrogens is 240 g/mol. The van der Waals surface area contributed by atoms with Crippen molar-refractivity contribution in [2.75, 3.05) is 18.0 Å². The number of aromatic nitrogens is 1. The second kappa shape index (κ2) is 5.61. The molecule has 4 heteroatoms. The van der Waals surface area contributed by atoms with E-state index in [2.05, 4.69) is 18.7 Å². The molecule has 0 radical (unpaired) electrons. The van der Waals surface area contributed by atoms with E-state index in [4.69, 9.17) is 5.11 Å². The molecule has 0 saturated carbocycles. The van der Waals surface area contributed by atoms with Crippen LogP contribution in [0.3, 0.4) is 0 Å². The number of carboxylic acids is 1. The molecule has 19 heavy (non-hydrogen) atoms. The number of carbonyl (C=O) groups is 1. The van der Waals surface area contributed by atoms with Gasteiger partial charge in [0.05, 0.1) is 0 Å². The van der Waals surface area contributed by atoms with Gasteiger partial charge in [-0.25, -0.2) is 4.79 Å². The van der Waals surface area contributed by atoms with E-state index in [0.29, 0.717) is 0 Å². The van der Waals surface area contributed by atoms with Gasteiger partial charge in [0.1, 0.15) is 5.69 Å². The average Bonchev–Trinajstić information content (AvgIpc) is 2.90. The third-order valence-corrected chi connectivity index (χ3v) is 3.22. The second-order valence-electron chi connectivity index (χ2n) is 4.26. The maximum absolute atomic E-state index is 11.1. The van der Waals surface area contributed by atoms with E-state index in [9.17, 15) is 4.79 Å². The zero-order chi connectivity index (χ0) is 13.8. The fourth-order valence-electron chi connectivity index (χ4n) is 2.19. The van der Waals surface area contributed by atoms with Crippen LogP contribution >= 0.6 is 0 Å².